The van der Waals surface area contributed by atoms with Crippen molar-refractivity contribution in [2.75, 3.05) is 0 Å². The number of fused-ring (bicyclic) bond motifs is 2. The SMILES string of the molecule is N[S-](=O)=NC(=O)Cc1c2c(cc3c1CCC3)CCC2. The molecule has 0 radical (unpaired) electrons. The van der Waals surface area contributed by atoms with Gasteiger partial charge in [-0.1, -0.05) is 6.07 Å². The molecule has 2 aliphatic carbocycles. The van der Waals surface area contributed by atoms with Crippen LogP contribution in [0.25, 0.3) is 0 Å². The van der Waals surface area contributed by atoms with Crippen LogP contribution < -0.4 is 5.14 Å². The lowest BCUT2D eigenvalue weighted by Crippen LogP contribution is -2.08. The van der Waals surface area contributed by atoms with E-state index in [1.54, 1.807) is 0 Å². The van der Waals surface area contributed by atoms with E-state index in [4.69, 9.17) is 5.14 Å². The van der Waals surface area contributed by atoms with E-state index in [0.29, 0.717) is 0 Å². The molecule has 0 unspecified atom stereocenters. The molecule has 1 aromatic rings. The first-order valence-electron chi connectivity index (χ1n) is 6.71. The summed E-state index contributed by atoms with van der Waals surface area (Å²) < 4.78 is 14.2. The number of benzene rings is 1. The molecule has 102 valence electrons. The zero-order valence-electron chi connectivity index (χ0n) is 10.8. The molecule has 2 N–H and O–H groups in total. The summed E-state index contributed by atoms with van der Waals surface area (Å²) in [6.45, 7) is 0. The number of hydrogen-bond acceptors (Lipinski definition) is 3. The third kappa shape index (κ3) is 2.44. The molecule has 0 fully saturated rings. The molecule has 5 heteroatoms. The number of carbonyl (C=O) groups is 1. The quantitative estimate of drug-likeness (QED) is 0.836. The van der Waals surface area contributed by atoms with Gasteiger partial charge in [-0.3, -0.25) is 4.79 Å². The average molecular weight is 277 g/mol. The first kappa shape index (κ1) is 12.8. The predicted molar refractivity (Wildman–Crippen MR) is 73.9 cm³/mol. The molecule has 0 aliphatic heterocycles. The van der Waals surface area contributed by atoms with Gasteiger partial charge in [0.05, 0.1) is 6.42 Å². The minimum absolute atomic E-state index is 0.258. The van der Waals surface area contributed by atoms with Crippen LogP contribution in [0.5, 0.6) is 0 Å². The Morgan fingerprint density at radius 3 is 2.26 bits per heavy atom. The van der Waals surface area contributed by atoms with Gasteiger partial charge in [0, 0.05) is 0 Å². The summed E-state index contributed by atoms with van der Waals surface area (Å²) >= 11 is 0. The Morgan fingerprint density at radius 2 is 1.74 bits per heavy atom. The fourth-order valence-electron chi connectivity index (χ4n) is 3.43. The zero-order valence-corrected chi connectivity index (χ0v) is 11.6. The second-order valence-electron chi connectivity index (χ2n) is 5.28. The van der Waals surface area contributed by atoms with Gasteiger partial charge < -0.3 is 13.7 Å². The van der Waals surface area contributed by atoms with E-state index >= 15 is 0 Å². The van der Waals surface area contributed by atoms with Crippen LogP contribution in [-0.2, 0) is 51.9 Å². The van der Waals surface area contributed by atoms with Crippen LogP contribution in [0.1, 0.15) is 40.7 Å². The highest BCUT2D eigenvalue weighted by Crippen LogP contribution is 2.35. The topological polar surface area (TPSA) is 72.5 Å². The van der Waals surface area contributed by atoms with Crippen LogP contribution in [0.3, 0.4) is 0 Å². The molecule has 0 heterocycles. The van der Waals surface area contributed by atoms with Gasteiger partial charge >= 0.3 is 0 Å². The Kier molecular flexibility index (Phi) is 3.41. The third-order valence-corrected chi connectivity index (χ3v) is 4.50. The van der Waals surface area contributed by atoms with E-state index in [-0.39, 0.29) is 12.3 Å². The minimum Gasteiger partial charge on any atom is -0.430 e. The molecule has 1 amide bonds. The Balaban J connectivity index is 2.03. The van der Waals surface area contributed by atoms with Crippen molar-refractivity contribution in [3.63, 3.8) is 0 Å². The van der Waals surface area contributed by atoms with Crippen molar-refractivity contribution in [1.29, 1.82) is 0 Å². The summed E-state index contributed by atoms with van der Waals surface area (Å²) in [5, 5.41) is 5.06. The molecule has 0 spiro atoms. The smallest absolute Gasteiger partial charge is 0.228 e. The summed E-state index contributed by atoms with van der Waals surface area (Å²) in [4.78, 5) is 11.8. The van der Waals surface area contributed by atoms with Gasteiger partial charge in [0.15, 0.2) is 0 Å². The minimum atomic E-state index is -1.89. The highest BCUT2D eigenvalue weighted by Gasteiger charge is 2.24. The maximum absolute atomic E-state index is 11.8. The Morgan fingerprint density at radius 1 is 1.16 bits per heavy atom. The van der Waals surface area contributed by atoms with Crippen molar-refractivity contribution in [1.82, 2.24) is 0 Å². The molecule has 0 atom stereocenters. The molecular formula is C14H17N2O2S-. The van der Waals surface area contributed by atoms with Crippen LogP contribution in [0.2, 0.25) is 0 Å². The van der Waals surface area contributed by atoms with E-state index in [0.717, 1.165) is 31.2 Å². The number of carbonyl (C=O) groups excluding carboxylic acids is 1. The highest BCUT2D eigenvalue weighted by atomic mass is 32.2. The summed E-state index contributed by atoms with van der Waals surface area (Å²) in [5.41, 5.74) is 6.63. The fourth-order valence-corrected chi connectivity index (χ4v) is 3.70. The second kappa shape index (κ2) is 5.06. The normalized spacial score (nSPS) is 18.4. The molecule has 0 saturated carbocycles. The highest BCUT2D eigenvalue weighted by molar-refractivity contribution is 7.72. The molecule has 0 bridgehead atoms. The van der Waals surface area contributed by atoms with Crippen LogP contribution in [0, 0.1) is 0 Å². The number of amides is 1. The number of aryl methyl sites for hydroxylation is 2. The first-order chi connectivity index (χ1) is 9.15. The van der Waals surface area contributed by atoms with Crippen LogP contribution >= 0.6 is 0 Å². The second-order valence-corrected chi connectivity index (χ2v) is 6.01. The van der Waals surface area contributed by atoms with E-state index in [1.165, 1.54) is 35.1 Å². The Bertz CT molecular complexity index is 599. The van der Waals surface area contributed by atoms with Gasteiger partial charge in [-0.05, 0) is 66.3 Å². The lowest BCUT2D eigenvalue weighted by atomic mass is 9.92. The average Bonchev–Trinajstić information content (AvgIpc) is 2.94. The molecule has 0 saturated heterocycles. The lowest BCUT2D eigenvalue weighted by Gasteiger charge is -2.14. The van der Waals surface area contributed by atoms with Crippen LogP contribution in [0.4, 0.5) is 0 Å². The summed E-state index contributed by atoms with van der Waals surface area (Å²) in [7, 11) is -1.89. The number of nitrogens with two attached hydrogens (primary N) is 1. The van der Waals surface area contributed by atoms with Crippen molar-refractivity contribution in [2.24, 2.45) is 9.50 Å². The van der Waals surface area contributed by atoms with E-state index in [2.05, 4.69) is 10.4 Å². The molecule has 19 heavy (non-hydrogen) atoms. The molecule has 1 aromatic carbocycles. The summed E-state index contributed by atoms with van der Waals surface area (Å²) in [6.07, 6.45) is 6.93. The third-order valence-electron chi connectivity index (χ3n) is 4.12. The van der Waals surface area contributed by atoms with E-state index in [9.17, 15) is 9.00 Å². The molecule has 4 nitrogen and oxygen atoms in total. The Hall–Kier alpha value is -1.20. The largest absolute Gasteiger partial charge is 0.430 e. The van der Waals surface area contributed by atoms with Gasteiger partial charge in [-0.15, -0.1) is 10.8 Å². The van der Waals surface area contributed by atoms with Crippen molar-refractivity contribution in [2.45, 2.75) is 44.9 Å². The summed E-state index contributed by atoms with van der Waals surface area (Å²) in [5.74, 6) is -0.366. The number of hydrogen-bond donors (Lipinski definition) is 1. The van der Waals surface area contributed by atoms with Gasteiger partial charge in [0.1, 0.15) is 0 Å². The van der Waals surface area contributed by atoms with E-state index in [1.807, 2.05) is 0 Å². The van der Waals surface area contributed by atoms with E-state index < -0.39 is 10.8 Å². The van der Waals surface area contributed by atoms with Crippen molar-refractivity contribution in [3.8, 4) is 0 Å². The molecule has 2 aliphatic rings. The monoisotopic (exact) mass is 277 g/mol. The lowest BCUT2D eigenvalue weighted by molar-refractivity contribution is -0.117. The standard InChI is InChI=1S/C14H17N2O2S/c15-19(18)16-14(17)8-13-11-5-1-3-9(11)7-10-4-2-6-12(10)13/h7H,1-6,8H2,(H2,15,16,17,18)/q-1. The van der Waals surface area contributed by atoms with Crippen molar-refractivity contribution in [3.05, 3.63) is 33.9 Å². The van der Waals surface area contributed by atoms with Crippen LogP contribution in [-0.4, -0.2) is 5.91 Å². The molecule has 3 rings (SSSR count). The number of rotatable bonds is 2. The fraction of sp³-hybridized carbons (Fsp3) is 0.500. The molecular weight excluding hydrogens is 260 g/mol. The first-order valence-corrected chi connectivity index (χ1v) is 7.88. The maximum Gasteiger partial charge on any atom is 0.228 e. The Labute approximate surface area is 114 Å². The van der Waals surface area contributed by atoms with Gasteiger partial charge in [0.25, 0.3) is 0 Å². The zero-order chi connectivity index (χ0) is 13.4. The van der Waals surface area contributed by atoms with Gasteiger partial charge in [-0.25, -0.2) is 0 Å². The number of nitrogens with zero attached hydrogens (tertiary/aromatic N) is 1. The van der Waals surface area contributed by atoms with Gasteiger partial charge in [0.2, 0.25) is 5.91 Å². The van der Waals surface area contributed by atoms with Crippen LogP contribution in [0.15, 0.2) is 10.4 Å². The van der Waals surface area contributed by atoms with Gasteiger partial charge in [-0.2, -0.15) is 0 Å². The van der Waals surface area contributed by atoms with Crippen molar-refractivity contribution >= 4 is 16.7 Å². The van der Waals surface area contributed by atoms with Crippen molar-refractivity contribution < 1.29 is 9.00 Å². The predicted octanol–water partition coefficient (Wildman–Crippen LogP) is 1.75. The molecule has 0 aromatic heterocycles. The summed E-state index contributed by atoms with van der Waals surface area (Å²) in [6, 6.07) is 2.33. The maximum atomic E-state index is 11.8.